The van der Waals surface area contributed by atoms with Gasteiger partial charge in [-0.25, -0.2) is 0 Å². The molecule has 2 heteroatoms. The Labute approximate surface area is 75.2 Å². The summed E-state index contributed by atoms with van der Waals surface area (Å²) >= 11 is 0. The van der Waals surface area contributed by atoms with Crippen LogP contribution < -0.4 is 0 Å². The SMILES string of the molecule is COC[C@H]1CC[C@H](COC)CC1. The largest absolute Gasteiger partial charge is 0.384 e. The van der Waals surface area contributed by atoms with E-state index >= 15 is 0 Å². The first-order valence-electron chi connectivity index (χ1n) is 4.84. The normalized spacial score (nSPS) is 30.5. The molecule has 0 spiro atoms. The van der Waals surface area contributed by atoms with Crippen molar-refractivity contribution in [2.24, 2.45) is 11.8 Å². The van der Waals surface area contributed by atoms with Crippen LogP contribution in [-0.2, 0) is 9.47 Å². The zero-order chi connectivity index (χ0) is 8.81. The summed E-state index contributed by atoms with van der Waals surface area (Å²) in [5, 5.41) is 0. The summed E-state index contributed by atoms with van der Waals surface area (Å²) in [6.45, 7) is 1.89. The molecule has 0 amide bonds. The Kier molecular flexibility index (Phi) is 4.62. The van der Waals surface area contributed by atoms with Crippen LogP contribution in [0.1, 0.15) is 25.7 Å². The molecule has 0 aromatic heterocycles. The monoisotopic (exact) mass is 172 g/mol. The molecule has 0 radical (unpaired) electrons. The molecular formula is C10H20O2. The first kappa shape index (κ1) is 10.0. The third kappa shape index (κ3) is 3.11. The average Bonchev–Trinajstić information content (AvgIpc) is 2.09. The highest BCUT2D eigenvalue weighted by atomic mass is 16.5. The number of rotatable bonds is 4. The fourth-order valence-electron chi connectivity index (χ4n) is 2.04. The van der Waals surface area contributed by atoms with E-state index < -0.39 is 0 Å². The molecule has 0 saturated heterocycles. The second kappa shape index (κ2) is 5.55. The van der Waals surface area contributed by atoms with Gasteiger partial charge >= 0.3 is 0 Å². The van der Waals surface area contributed by atoms with Crippen molar-refractivity contribution < 1.29 is 9.47 Å². The molecule has 1 saturated carbocycles. The lowest BCUT2D eigenvalue weighted by molar-refractivity contribution is 0.0862. The summed E-state index contributed by atoms with van der Waals surface area (Å²) in [5.74, 6) is 1.62. The molecule has 1 rings (SSSR count). The van der Waals surface area contributed by atoms with Gasteiger partial charge in [0.05, 0.1) is 0 Å². The molecule has 12 heavy (non-hydrogen) atoms. The van der Waals surface area contributed by atoms with Crippen molar-refractivity contribution in [2.45, 2.75) is 25.7 Å². The molecule has 0 aromatic rings. The van der Waals surface area contributed by atoms with Crippen LogP contribution in [0.15, 0.2) is 0 Å². The van der Waals surface area contributed by atoms with E-state index in [1.165, 1.54) is 25.7 Å². The maximum absolute atomic E-state index is 5.15. The Morgan fingerprint density at radius 1 is 0.833 bits per heavy atom. The van der Waals surface area contributed by atoms with E-state index in [4.69, 9.17) is 9.47 Å². The van der Waals surface area contributed by atoms with Crippen LogP contribution in [-0.4, -0.2) is 27.4 Å². The lowest BCUT2D eigenvalue weighted by atomic mass is 9.83. The second-order valence-electron chi connectivity index (χ2n) is 3.80. The topological polar surface area (TPSA) is 18.5 Å². The Morgan fingerprint density at radius 2 is 1.17 bits per heavy atom. The number of hydrogen-bond donors (Lipinski definition) is 0. The quantitative estimate of drug-likeness (QED) is 0.646. The van der Waals surface area contributed by atoms with Crippen molar-refractivity contribution in [1.82, 2.24) is 0 Å². The van der Waals surface area contributed by atoms with Crippen LogP contribution in [0.5, 0.6) is 0 Å². The minimum atomic E-state index is 0.808. The van der Waals surface area contributed by atoms with Crippen LogP contribution >= 0.6 is 0 Å². The Balaban J connectivity index is 2.11. The van der Waals surface area contributed by atoms with E-state index in [0.717, 1.165) is 25.0 Å². The summed E-state index contributed by atoms with van der Waals surface area (Å²) in [4.78, 5) is 0. The fourth-order valence-corrected chi connectivity index (χ4v) is 2.04. The highest BCUT2D eigenvalue weighted by molar-refractivity contribution is 4.71. The van der Waals surface area contributed by atoms with Gasteiger partial charge in [-0.3, -0.25) is 0 Å². The summed E-state index contributed by atoms with van der Waals surface area (Å²) in [6.07, 6.45) is 5.29. The van der Waals surface area contributed by atoms with Gasteiger partial charge in [0.15, 0.2) is 0 Å². The Hall–Kier alpha value is -0.0800. The van der Waals surface area contributed by atoms with Gasteiger partial charge in [0.1, 0.15) is 0 Å². The molecule has 2 nitrogen and oxygen atoms in total. The van der Waals surface area contributed by atoms with Crippen molar-refractivity contribution in [2.75, 3.05) is 27.4 Å². The van der Waals surface area contributed by atoms with Crippen molar-refractivity contribution >= 4 is 0 Å². The van der Waals surface area contributed by atoms with Crippen molar-refractivity contribution in [1.29, 1.82) is 0 Å². The van der Waals surface area contributed by atoms with E-state index in [9.17, 15) is 0 Å². The summed E-state index contributed by atoms with van der Waals surface area (Å²) < 4.78 is 10.3. The van der Waals surface area contributed by atoms with Crippen LogP contribution in [0.4, 0.5) is 0 Å². The smallest absolute Gasteiger partial charge is 0.0490 e. The van der Waals surface area contributed by atoms with Gasteiger partial charge in [0.2, 0.25) is 0 Å². The van der Waals surface area contributed by atoms with Gasteiger partial charge in [0, 0.05) is 27.4 Å². The van der Waals surface area contributed by atoms with E-state index in [2.05, 4.69) is 0 Å². The van der Waals surface area contributed by atoms with Crippen LogP contribution in [0.2, 0.25) is 0 Å². The third-order valence-electron chi connectivity index (χ3n) is 2.77. The Bertz CT molecular complexity index is 92.4. The molecular weight excluding hydrogens is 152 g/mol. The van der Waals surface area contributed by atoms with Crippen molar-refractivity contribution in [3.05, 3.63) is 0 Å². The van der Waals surface area contributed by atoms with Crippen molar-refractivity contribution in [3.63, 3.8) is 0 Å². The number of hydrogen-bond acceptors (Lipinski definition) is 2. The van der Waals surface area contributed by atoms with E-state index in [1.54, 1.807) is 14.2 Å². The molecule has 72 valence electrons. The van der Waals surface area contributed by atoms with Gasteiger partial charge in [-0.05, 0) is 37.5 Å². The predicted octanol–water partition coefficient (Wildman–Crippen LogP) is 2.09. The van der Waals surface area contributed by atoms with Crippen LogP contribution in [0.25, 0.3) is 0 Å². The average molecular weight is 172 g/mol. The second-order valence-corrected chi connectivity index (χ2v) is 3.80. The molecule has 0 aliphatic heterocycles. The van der Waals surface area contributed by atoms with Crippen molar-refractivity contribution in [3.8, 4) is 0 Å². The van der Waals surface area contributed by atoms with E-state index in [0.29, 0.717) is 0 Å². The van der Waals surface area contributed by atoms with Crippen LogP contribution in [0.3, 0.4) is 0 Å². The van der Waals surface area contributed by atoms with Gasteiger partial charge < -0.3 is 9.47 Å². The summed E-state index contributed by atoms with van der Waals surface area (Å²) in [6, 6.07) is 0. The molecule has 0 N–H and O–H groups in total. The standard InChI is InChI=1S/C10H20O2/c1-11-7-9-3-5-10(6-4-9)8-12-2/h9-10H,3-8H2,1-2H3/t9-,10-. The molecule has 0 aromatic carbocycles. The molecule has 0 bridgehead atoms. The molecule has 1 aliphatic rings. The Morgan fingerprint density at radius 3 is 1.42 bits per heavy atom. The zero-order valence-corrected chi connectivity index (χ0v) is 8.21. The molecule has 1 aliphatic carbocycles. The minimum Gasteiger partial charge on any atom is -0.384 e. The lowest BCUT2D eigenvalue weighted by Gasteiger charge is -2.27. The minimum absolute atomic E-state index is 0.808. The lowest BCUT2D eigenvalue weighted by Crippen LogP contribution is -2.20. The fraction of sp³-hybridized carbons (Fsp3) is 1.00. The van der Waals surface area contributed by atoms with Gasteiger partial charge in [0.25, 0.3) is 0 Å². The van der Waals surface area contributed by atoms with Crippen LogP contribution in [0, 0.1) is 11.8 Å². The summed E-state index contributed by atoms with van der Waals surface area (Å²) in [7, 11) is 3.59. The maximum Gasteiger partial charge on any atom is 0.0490 e. The number of methoxy groups -OCH3 is 2. The van der Waals surface area contributed by atoms with Gasteiger partial charge in [-0.15, -0.1) is 0 Å². The first-order valence-corrected chi connectivity index (χ1v) is 4.84. The van der Waals surface area contributed by atoms with E-state index in [-0.39, 0.29) is 0 Å². The third-order valence-corrected chi connectivity index (χ3v) is 2.77. The molecule has 0 heterocycles. The number of ether oxygens (including phenoxy) is 2. The van der Waals surface area contributed by atoms with Gasteiger partial charge in [-0.1, -0.05) is 0 Å². The highest BCUT2D eigenvalue weighted by Gasteiger charge is 2.20. The maximum atomic E-state index is 5.15. The molecule has 1 fully saturated rings. The molecule has 0 unspecified atom stereocenters. The van der Waals surface area contributed by atoms with Gasteiger partial charge in [-0.2, -0.15) is 0 Å². The first-order chi connectivity index (χ1) is 5.86. The summed E-state index contributed by atoms with van der Waals surface area (Å²) in [5.41, 5.74) is 0. The molecule has 0 atom stereocenters. The predicted molar refractivity (Wildman–Crippen MR) is 49.2 cm³/mol. The van der Waals surface area contributed by atoms with E-state index in [1.807, 2.05) is 0 Å². The zero-order valence-electron chi connectivity index (χ0n) is 8.21. The highest BCUT2D eigenvalue weighted by Crippen LogP contribution is 2.28.